The van der Waals surface area contributed by atoms with Gasteiger partial charge in [-0.15, -0.1) is 0 Å². The van der Waals surface area contributed by atoms with Gasteiger partial charge in [-0.2, -0.15) is 0 Å². The Kier molecular flexibility index (Phi) is 4.51. The molecular weight excluding hydrogens is 240 g/mol. The molecule has 1 saturated heterocycles. The van der Waals surface area contributed by atoms with Crippen molar-refractivity contribution in [2.45, 2.75) is 69.5 Å². The fraction of sp³-hybridized carbons (Fsp3) is 0.933. The van der Waals surface area contributed by atoms with Crippen molar-refractivity contribution in [2.24, 2.45) is 0 Å². The minimum absolute atomic E-state index is 0.0976. The highest BCUT2D eigenvalue weighted by molar-refractivity contribution is 5.68. The van der Waals surface area contributed by atoms with Gasteiger partial charge in [0.1, 0.15) is 0 Å². The van der Waals surface area contributed by atoms with Crippen molar-refractivity contribution in [2.75, 3.05) is 20.6 Å². The number of hydrogen-bond donors (Lipinski definition) is 1. The van der Waals surface area contributed by atoms with Gasteiger partial charge in [0.05, 0.1) is 6.42 Å². The van der Waals surface area contributed by atoms with Crippen molar-refractivity contribution in [1.29, 1.82) is 0 Å². The molecule has 2 unspecified atom stereocenters. The lowest BCUT2D eigenvalue weighted by Crippen LogP contribution is -2.54. The zero-order valence-electron chi connectivity index (χ0n) is 12.6. The van der Waals surface area contributed by atoms with Crippen LogP contribution in [-0.4, -0.2) is 59.1 Å². The molecule has 2 atom stereocenters. The molecule has 110 valence electrons. The Morgan fingerprint density at radius 1 is 1.37 bits per heavy atom. The molecular formula is C15H28N2O2. The average molecular weight is 268 g/mol. The lowest BCUT2D eigenvalue weighted by molar-refractivity contribution is -0.141. The Morgan fingerprint density at radius 2 is 2.00 bits per heavy atom. The van der Waals surface area contributed by atoms with Gasteiger partial charge in [0.25, 0.3) is 0 Å². The summed E-state index contributed by atoms with van der Waals surface area (Å²) in [5.41, 5.74) is -0.0976. The summed E-state index contributed by atoms with van der Waals surface area (Å²) in [6.07, 6.45) is 7.17. The maximum atomic E-state index is 11.3. The van der Waals surface area contributed by atoms with E-state index in [1.165, 1.54) is 19.3 Å². The van der Waals surface area contributed by atoms with Crippen LogP contribution >= 0.6 is 0 Å². The van der Waals surface area contributed by atoms with Crippen LogP contribution in [0.1, 0.15) is 51.9 Å². The molecule has 1 saturated carbocycles. The third kappa shape index (κ3) is 3.11. The highest BCUT2D eigenvalue weighted by Crippen LogP contribution is 2.38. The van der Waals surface area contributed by atoms with E-state index in [2.05, 4.69) is 30.8 Å². The van der Waals surface area contributed by atoms with Crippen molar-refractivity contribution in [1.82, 2.24) is 9.80 Å². The molecule has 1 heterocycles. The summed E-state index contributed by atoms with van der Waals surface area (Å²) < 4.78 is 0. The molecule has 1 N–H and O–H groups in total. The topological polar surface area (TPSA) is 43.8 Å². The molecule has 0 amide bonds. The molecule has 2 aliphatic rings. The van der Waals surface area contributed by atoms with Crippen LogP contribution < -0.4 is 0 Å². The third-order valence-electron chi connectivity index (χ3n) is 5.42. The SMILES string of the molecule is CC1CC(N(C)C2(CC(=O)O)CCCCC2)CN1C. The van der Waals surface area contributed by atoms with Crippen molar-refractivity contribution in [3.63, 3.8) is 0 Å². The molecule has 19 heavy (non-hydrogen) atoms. The first-order valence-corrected chi connectivity index (χ1v) is 7.59. The first kappa shape index (κ1) is 14.8. The van der Waals surface area contributed by atoms with Gasteiger partial charge in [0.15, 0.2) is 0 Å². The smallest absolute Gasteiger partial charge is 0.305 e. The van der Waals surface area contributed by atoms with E-state index >= 15 is 0 Å². The van der Waals surface area contributed by atoms with Gasteiger partial charge in [-0.25, -0.2) is 0 Å². The molecule has 2 fully saturated rings. The van der Waals surface area contributed by atoms with E-state index in [1.54, 1.807) is 0 Å². The summed E-state index contributed by atoms with van der Waals surface area (Å²) in [5, 5.41) is 9.29. The number of carboxylic acid groups (broad SMARTS) is 1. The number of likely N-dealkylation sites (N-methyl/N-ethyl adjacent to an activating group) is 2. The minimum atomic E-state index is -0.645. The van der Waals surface area contributed by atoms with Crippen LogP contribution in [0.15, 0.2) is 0 Å². The number of nitrogens with zero attached hydrogens (tertiary/aromatic N) is 2. The molecule has 0 aromatic rings. The molecule has 0 radical (unpaired) electrons. The van der Waals surface area contributed by atoms with E-state index in [1.807, 2.05) is 0 Å². The van der Waals surface area contributed by atoms with E-state index in [-0.39, 0.29) is 5.54 Å². The van der Waals surface area contributed by atoms with Crippen LogP contribution in [0.3, 0.4) is 0 Å². The average Bonchev–Trinajstić information content (AvgIpc) is 2.69. The molecule has 1 aliphatic heterocycles. The van der Waals surface area contributed by atoms with Crippen LogP contribution in [0, 0.1) is 0 Å². The molecule has 1 aliphatic carbocycles. The normalized spacial score (nSPS) is 31.8. The third-order valence-corrected chi connectivity index (χ3v) is 5.42. The number of carbonyl (C=O) groups is 1. The van der Waals surface area contributed by atoms with E-state index in [9.17, 15) is 9.90 Å². The Hall–Kier alpha value is -0.610. The zero-order valence-corrected chi connectivity index (χ0v) is 12.6. The van der Waals surface area contributed by atoms with Crippen LogP contribution in [0.2, 0.25) is 0 Å². The van der Waals surface area contributed by atoms with E-state index < -0.39 is 5.97 Å². The summed E-state index contributed by atoms with van der Waals surface area (Å²) in [7, 11) is 4.33. The molecule has 0 aromatic heterocycles. The van der Waals surface area contributed by atoms with Crippen molar-refractivity contribution >= 4 is 5.97 Å². The fourth-order valence-electron chi connectivity index (χ4n) is 3.97. The highest BCUT2D eigenvalue weighted by atomic mass is 16.4. The Bertz CT molecular complexity index is 316. The quantitative estimate of drug-likeness (QED) is 0.849. The van der Waals surface area contributed by atoms with Crippen LogP contribution in [-0.2, 0) is 4.79 Å². The number of carboxylic acids is 1. The Labute approximate surface area is 116 Å². The van der Waals surface area contributed by atoms with Crippen molar-refractivity contribution < 1.29 is 9.90 Å². The lowest BCUT2D eigenvalue weighted by Gasteiger charge is -2.46. The first-order valence-electron chi connectivity index (χ1n) is 7.59. The van der Waals surface area contributed by atoms with Gasteiger partial charge in [0, 0.05) is 24.2 Å². The minimum Gasteiger partial charge on any atom is -0.481 e. The van der Waals surface area contributed by atoms with Gasteiger partial charge in [-0.3, -0.25) is 9.69 Å². The van der Waals surface area contributed by atoms with Gasteiger partial charge < -0.3 is 10.0 Å². The van der Waals surface area contributed by atoms with E-state index in [4.69, 9.17) is 0 Å². The monoisotopic (exact) mass is 268 g/mol. The van der Waals surface area contributed by atoms with Crippen LogP contribution in [0.5, 0.6) is 0 Å². The number of hydrogen-bond acceptors (Lipinski definition) is 3. The Morgan fingerprint density at radius 3 is 2.47 bits per heavy atom. The number of rotatable bonds is 4. The summed E-state index contributed by atoms with van der Waals surface area (Å²) in [4.78, 5) is 16.1. The van der Waals surface area contributed by atoms with Crippen molar-refractivity contribution in [3.05, 3.63) is 0 Å². The summed E-state index contributed by atoms with van der Waals surface area (Å²) >= 11 is 0. The maximum absolute atomic E-state index is 11.3. The van der Waals surface area contributed by atoms with E-state index in [0.717, 1.165) is 25.8 Å². The molecule has 2 rings (SSSR count). The Balaban J connectivity index is 2.11. The standard InChI is InChI=1S/C15H28N2O2/c1-12-9-13(11-16(12)2)17(3)15(10-14(18)19)7-5-4-6-8-15/h12-13H,4-11H2,1-3H3,(H,18,19). The lowest BCUT2D eigenvalue weighted by atomic mass is 9.77. The fourth-order valence-corrected chi connectivity index (χ4v) is 3.97. The maximum Gasteiger partial charge on any atom is 0.305 e. The molecule has 4 heteroatoms. The molecule has 4 nitrogen and oxygen atoms in total. The second-order valence-corrected chi connectivity index (χ2v) is 6.64. The second-order valence-electron chi connectivity index (χ2n) is 6.64. The van der Waals surface area contributed by atoms with Gasteiger partial charge in [-0.1, -0.05) is 19.3 Å². The van der Waals surface area contributed by atoms with Crippen LogP contribution in [0.4, 0.5) is 0 Å². The first-order chi connectivity index (χ1) is 8.94. The predicted molar refractivity (Wildman–Crippen MR) is 76.3 cm³/mol. The largest absolute Gasteiger partial charge is 0.481 e. The van der Waals surface area contributed by atoms with E-state index in [0.29, 0.717) is 18.5 Å². The summed E-state index contributed by atoms with van der Waals surface area (Å²) in [6, 6.07) is 1.12. The van der Waals surface area contributed by atoms with Crippen LogP contribution in [0.25, 0.3) is 0 Å². The van der Waals surface area contributed by atoms with Gasteiger partial charge in [-0.05, 0) is 40.3 Å². The number of likely N-dealkylation sites (tertiary alicyclic amines) is 1. The molecule has 0 bridgehead atoms. The zero-order chi connectivity index (χ0) is 14.0. The predicted octanol–water partition coefficient (Wildman–Crippen LogP) is 2.19. The number of aliphatic carboxylic acids is 1. The summed E-state index contributed by atoms with van der Waals surface area (Å²) in [6.45, 7) is 3.33. The summed E-state index contributed by atoms with van der Waals surface area (Å²) in [5.74, 6) is -0.645. The van der Waals surface area contributed by atoms with Crippen molar-refractivity contribution in [3.8, 4) is 0 Å². The molecule has 0 aromatic carbocycles. The second kappa shape index (κ2) is 5.80. The highest BCUT2D eigenvalue weighted by Gasteiger charge is 2.43. The van der Waals surface area contributed by atoms with Gasteiger partial charge >= 0.3 is 5.97 Å². The molecule has 0 spiro atoms. The van der Waals surface area contributed by atoms with Gasteiger partial charge in [0.2, 0.25) is 0 Å².